The number of methoxy groups -OCH3 is 3. The van der Waals surface area contributed by atoms with Gasteiger partial charge in [-0.05, 0) is 24.1 Å². The molecule has 0 saturated heterocycles. The first-order valence-corrected chi connectivity index (χ1v) is 9.01. The molecule has 0 atom stereocenters. The van der Waals surface area contributed by atoms with E-state index in [2.05, 4.69) is 25.5 Å². The number of likely N-dealkylation sites (N-methyl/N-ethyl adjacent to an activating group) is 1. The molecule has 0 aliphatic carbocycles. The molecule has 2 aromatic heterocycles. The summed E-state index contributed by atoms with van der Waals surface area (Å²) in [6.45, 7) is 0.749. The molecule has 9 nitrogen and oxygen atoms in total. The summed E-state index contributed by atoms with van der Waals surface area (Å²) >= 11 is 0. The van der Waals surface area contributed by atoms with Crippen LogP contribution in [0.3, 0.4) is 0 Å². The van der Waals surface area contributed by atoms with Gasteiger partial charge in [-0.25, -0.2) is 0 Å². The van der Waals surface area contributed by atoms with Crippen LogP contribution in [0.1, 0.15) is 5.56 Å². The molecule has 0 fully saturated rings. The summed E-state index contributed by atoms with van der Waals surface area (Å²) in [5.41, 5.74) is 1.93. The molecule has 29 heavy (non-hydrogen) atoms. The summed E-state index contributed by atoms with van der Waals surface area (Å²) in [5, 5.41) is 11.4. The molecule has 0 bridgehead atoms. The summed E-state index contributed by atoms with van der Waals surface area (Å²) in [5.74, 6) is 2.70. The van der Waals surface area contributed by atoms with E-state index < -0.39 is 0 Å². The minimum atomic E-state index is 0.525. The molecule has 0 unspecified atom stereocenters. The van der Waals surface area contributed by atoms with E-state index in [0.717, 1.165) is 18.7 Å². The van der Waals surface area contributed by atoms with Gasteiger partial charge in [0.25, 0.3) is 0 Å². The van der Waals surface area contributed by atoms with Gasteiger partial charge in [0.2, 0.25) is 11.7 Å². The standard InChI is InChI=1S/C20H24N6O3/c1-26(10-7-14-5-8-21-9-6-14)20-24-18(13-22-25-20)23-15-11-16(27-2)19(29-4)17(12-15)28-3/h5-6,8-9,11-13H,7,10H2,1-4H3,(H,23,24,25). The third-order valence-corrected chi connectivity index (χ3v) is 4.31. The lowest BCUT2D eigenvalue weighted by Crippen LogP contribution is -2.23. The van der Waals surface area contributed by atoms with Crippen LogP contribution in [0.4, 0.5) is 17.5 Å². The number of aromatic nitrogens is 4. The van der Waals surface area contributed by atoms with Gasteiger partial charge in [0.05, 0.1) is 27.5 Å². The molecule has 0 radical (unpaired) electrons. The van der Waals surface area contributed by atoms with Gasteiger partial charge in [-0.3, -0.25) is 4.98 Å². The number of hydrogen-bond acceptors (Lipinski definition) is 9. The quantitative estimate of drug-likeness (QED) is 0.586. The van der Waals surface area contributed by atoms with Gasteiger partial charge in [-0.15, -0.1) is 5.10 Å². The second-order valence-corrected chi connectivity index (χ2v) is 6.21. The van der Waals surface area contributed by atoms with Crippen LogP contribution in [0.25, 0.3) is 0 Å². The van der Waals surface area contributed by atoms with E-state index in [4.69, 9.17) is 14.2 Å². The Morgan fingerprint density at radius 2 is 1.69 bits per heavy atom. The van der Waals surface area contributed by atoms with Gasteiger partial charge in [0.15, 0.2) is 17.3 Å². The average Bonchev–Trinajstić information content (AvgIpc) is 2.77. The van der Waals surface area contributed by atoms with E-state index >= 15 is 0 Å². The Balaban J connectivity index is 1.74. The molecule has 3 rings (SSSR count). The van der Waals surface area contributed by atoms with E-state index in [0.29, 0.717) is 29.0 Å². The predicted molar refractivity (Wildman–Crippen MR) is 110 cm³/mol. The molecular formula is C20H24N6O3. The van der Waals surface area contributed by atoms with Crippen molar-refractivity contribution >= 4 is 17.5 Å². The van der Waals surface area contributed by atoms with E-state index in [1.807, 2.05) is 24.1 Å². The molecule has 3 aromatic rings. The molecule has 152 valence electrons. The molecule has 0 amide bonds. The van der Waals surface area contributed by atoms with Crippen molar-refractivity contribution in [2.75, 3.05) is 45.1 Å². The maximum absolute atomic E-state index is 5.39. The first-order valence-electron chi connectivity index (χ1n) is 9.01. The Labute approximate surface area is 169 Å². The smallest absolute Gasteiger partial charge is 0.247 e. The highest BCUT2D eigenvalue weighted by Gasteiger charge is 2.14. The number of benzene rings is 1. The van der Waals surface area contributed by atoms with Gasteiger partial charge in [0.1, 0.15) is 0 Å². The second-order valence-electron chi connectivity index (χ2n) is 6.21. The second kappa shape index (κ2) is 9.54. The summed E-state index contributed by atoms with van der Waals surface area (Å²) in [7, 11) is 6.64. The fourth-order valence-electron chi connectivity index (χ4n) is 2.76. The Morgan fingerprint density at radius 1 is 1.00 bits per heavy atom. The minimum Gasteiger partial charge on any atom is -0.493 e. The van der Waals surface area contributed by atoms with Gasteiger partial charge in [-0.1, -0.05) is 0 Å². The zero-order chi connectivity index (χ0) is 20.6. The normalized spacial score (nSPS) is 10.3. The maximum atomic E-state index is 5.39. The van der Waals surface area contributed by atoms with Gasteiger partial charge >= 0.3 is 0 Å². The van der Waals surface area contributed by atoms with Crippen LogP contribution in [0.2, 0.25) is 0 Å². The molecule has 2 heterocycles. The Kier molecular flexibility index (Phi) is 6.62. The summed E-state index contributed by atoms with van der Waals surface area (Å²) in [6.07, 6.45) is 5.99. The first kappa shape index (κ1) is 20.1. The lowest BCUT2D eigenvalue weighted by molar-refractivity contribution is 0.324. The largest absolute Gasteiger partial charge is 0.493 e. The highest BCUT2D eigenvalue weighted by Crippen LogP contribution is 2.40. The van der Waals surface area contributed by atoms with Gasteiger partial charge in [0, 0.05) is 43.8 Å². The average molecular weight is 396 g/mol. The van der Waals surface area contributed by atoms with E-state index in [1.165, 1.54) is 5.56 Å². The van der Waals surface area contributed by atoms with Crippen molar-refractivity contribution in [3.63, 3.8) is 0 Å². The van der Waals surface area contributed by atoms with Crippen LogP contribution in [0.15, 0.2) is 42.9 Å². The van der Waals surface area contributed by atoms with Crippen molar-refractivity contribution in [2.24, 2.45) is 0 Å². The van der Waals surface area contributed by atoms with Crippen LogP contribution in [-0.4, -0.2) is 55.1 Å². The van der Waals surface area contributed by atoms with Crippen molar-refractivity contribution in [3.05, 3.63) is 48.4 Å². The van der Waals surface area contributed by atoms with Crippen LogP contribution in [0.5, 0.6) is 17.2 Å². The number of rotatable bonds is 9. The molecule has 0 aliphatic heterocycles. The third kappa shape index (κ3) is 5.01. The molecule has 0 spiro atoms. The van der Waals surface area contributed by atoms with Crippen molar-refractivity contribution in [1.82, 2.24) is 20.2 Å². The Hall–Kier alpha value is -3.62. The fourth-order valence-corrected chi connectivity index (χ4v) is 2.76. The zero-order valence-corrected chi connectivity index (χ0v) is 16.9. The first-order chi connectivity index (χ1) is 14.1. The monoisotopic (exact) mass is 396 g/mol. The number of anilines is 3. The van der Waals surface area contributed by atoms with Crippen molar-refractivity contribution < 1.29 is 14.2 Å². The van der Waals surface area contributed by atoms with Crippen LogP contribution in [-0.2, 0) is 6.42 Å². The van der Waals surface area contributed by atoms with Crippen LogP contribution >= 0.6 is 0 Å². The molecule has 0 aliphatic rings. The predicted octanol–water partition coefficient (Wildman–Crippen LogP) is 2.71. The summed E-state index contributed by atoms with van der Waals surface area (Å²) in [4.78, 5) is 10.5. The van der Waals surface area contributed by atoms with Crippen LogP contribution in [0, 0.1) is 0 Å². The van der Waals surface area contributed by atoms with Gasteiger partial charge in [-0.2, -0.15) is 10.1 Å². The van der Waals surface area contributed by atoms with Crippen LogP contribution < -0.4 is 24.4 Å². The minimum absolute atomic E-state index is 0.525. The van der Waals surface area contributed by atoms with E-state index in [9.17, 15) is 0 Å². The molecule has 0 saturated carbocycles. The lowest BCUT2D eigenvalue weighted by Gasteiger charge is -2.17. The van der Waals surface area contributed by atoms with Crippen molar-refractivity contribution in [3.8, 4) is 17.2 Å². The SMILES string of the molecule is COc1cc(Nc2cnnc(N(C)CCc3ccncc3)n2)cc(OC)c1OC. The highest BCUT2D eigenvalue weighted by atomic mass is 16.5. The number of nitrogens with one attached hydrogen (secondary N) is 1. The summed E-state index contributed by atoms with van der Waals surface area (Å²) in [6, 6.07) is 7.59. The molecule has 9 heteroatoms. The van der Waals surface area contributed by atoms with Crippen molar-refractivity contribution in [1.29, 1.82) is 0 Å². The number of pyridine rings is 1. The number of ether oxygens (including phenoxy) is 3. The molecule has 1 N–H and O–H groups in total. The van der Waals surface area contributed by atoms with E-state index in [-0.39, 0.29) is 0 Å². The zero-order valence-electron chi connectivity index (χ0n) is 16.9. The van der Waals surface area contributed by atoms with Crippen molar-refractivity contribution in [2.45, 2.75) is 6.42 Å². The molecule has 1 aromatic carbocycles. The number of nitrogens with zero attached hydrogens (tertiary/aromatic N) is 5. The summed E-state index contributed by atoms with van der Waals surface area (Å²) < 4.78 is 16.1. The Morgan fingerprint density at radius 3 is 2.31 bits per heavy atom. The Bertz CT molecular complexity index is 914. The van der Waals surface area contributed by atoms with Gasteiger partial charge < -0.3 is 24.4 Å². The fraction of sp³-hybridized carbons (Fsp3) is 0.300. The van der Waals surface area contributed by atoms with E-state index in [1.54, 1.807) is 52.1 Å². The highest BCUT2D eigenvalue weighted by molar-refractivity contribution is 5.66. The lowest BCUT2D eigenvalue weighted by atomic mass is 10.2. The topological polar surface area (TPSA) is 94.5 Å². The third-order valence-electron chi connectivity index (χ3n) is 4.31. The number of hydrogen-bond donors (Lipinski definition) is 1. The molecular weight excluding hydrogens is 372 g/mol. The maximum Gasteiger partial charge on any atom is 0.247 e.